The highest BCUT2D eigenvalue weighted by Gasteiger charge is 2.19. The van der Waals surface area contributed by atoms with E-state index in [1.165, 1.54) is 6.42 Å². The molecule has 2 aromatic rings. The molecule has 1 fully saturated rings. The molecule has 1 saturated carbocycles. The number of nitrogens with one attached hydrogen (secondary N) is 3. The quantitative estimate of drug-likeness (QED) is 0.511. The fourth-order valence-corrected chi connectivity index (χ4v) is 3.86. The molecule has 1 aliphatic rings. The number of anilines is 1. The van der Waals surface area contributed by atoms with Gasteiger partial charge in [-0.15, -0.1) is 0 Å². The van der Waals surface area contributed by atoms with Crippen molar-refractivity contribution >= 4 is 34.8 Å². The Balaban J connectivity index is 1.62. The second-order valence-corrected chi connectivity index (χ2v) is 8.54. The van der Waals surface area contributed by atoms with Crippen LogP contribution in [-0.4, -0.2) is 29.1 Å². The van der Waals surface area contributed by atoms with Gasteiger partial charge >= 0.3 is 0 Å². The molecule has 1 atom stereocenters. The summed E-state index contributed by atoms with van der Waals surface area (Å²) < 4.78 is 5.79. The normalized spacial score (nSPS) is 14.8. The van der Waals surface area contributed by atoms with Crippen molar-refractivity contribution in [2.24, 2.45) is 0 Å². The van der Waals surface area contributed by atoms with Crippen LogP contribution in [0.25, 0.3) is 0 Å². The predicted molar refractivity (Wildman–Crippen MR) is 131 cm³/mol. The van der Waals surface area contributed by atoms with Gasteiger partial charge in [-0.25, -0.2) is 0 Å². The first-order valence-electron chi connectivity index (χ1n) is 11.2. The zero-order valence-corrected chi connectivity index (χ0v) is 19.5. The molecule has 1 unspecified atom stereocenters. The average molecular weight is 454 g/mol. The van der Waals surface area contributed by atoms with E-state index in [9.17, 15) is 9.59 Å². The van der Waals surface area contributed by atoms with E-state index in [0.29, 0.717) is 22.6 Å². The smallest absolute Gasteiger partial charge is 0.257 e. The molecule has 2 aromatic carbocycles. The van der Waals surface area contributed by atoms with Crippen LogP contribution in [0, 0.1) is 0 Å². The van der Waals surface area contributed by atoms with Gasteiger partial charge in [0.2, 0.25) is 0 Å². The molecule has 3 N–H and O–H groups in total. The Bertz CT molecular complexity index is 957. The van der Waals surface area contributed by atoms with Crippen molar-refractivity contribution in [2.45, 2.75) is 64.5 Å². The highest BCUT2D eigenvalue weighted by atomic mass is 32.1. The Morgan fingerprint density at radius 3 is 2.56 bits per heavy atom. The number of hydrogen-bond acceptors (Lipinski definition) is 4. The number of carbonyl (C=O) groups is 2. The molecule has 6 nitrogen and oxygen atoms in total. The number of para-hydroxylation sites is 1. The van der Waals surface area contributed by atoms with Crippen molar-refractivity contribution in [2.75, 3.05) is 5.32 Å². The fraction of sp³-hybridized carbons (Fsp3) is 0.400. The number of amides is 2. The Kier molecular flexibility index (Phi) is 8.62. The molecule has 32 heavy (non-hydrogen) atoms. The van der Waals surface area contributed by atoms with Crippen LogP contribution in [0.1, 0.15) is 73.1 Å². The molecular formula is C25H31N3O3S. The van der Waals surface area contributed by atoms with Crippen LogP contribution >= 0.6 is 12.2 Å². The monoisotopic (exact) mass is 453 g/mol. The summed E-state index contributed by atoms with van der Waals surface area (Å²) in [5.74, 6) is 0.154. The maximum absolute atomic E-state index is 12.8. The maximum Gasteiger partial charge on any atom is 0.257 e. The van der Waals surface area contributed by atoms with E-state index in [2.05, 4.69) is 16.0 Å². The van der Waals surface area contributed by atoms with Crippen molar-refractivity contribution < 1.29 is 14.3 Å². The van der Waals surface area contributed by atoms with E-state index in [0.717, 1.165) is 32.1 Å². The van der Waals surface area contributed by atoms with Gasteiger partial charge in [-0.05, 0) is 68.7 Å². The van der Waals surface area contributed by atoms with Crippen molar-refractivity contribution in [3.05, 3.63) is 59.7 Å². The first-order chi connectivity index (χ1) is 15.5. The molecule has 2 amide bonds. The van der Waals surface area contributed by atoms with Crippen LogP contribution in [0.2, 0.25) is 0 Å². The van der Waals surface area contributed by atoms with Crippen LogP contribution in [0.4, 0.5) is 5.69 Å². The van der Waals surface area contributed by atoms with Gasteiger partial charge in [-0.2, -0.15) is 0 Å². The number of carbonyl (C=O) groups excluding carboxylic acids is 2. The van der Waals surface area contributed by atoms with Crippen LogP contribution < -0.4 is 20.7 Å². The summed E-state index contributed by atoms with van der Waals surface area (Å²) in [5, 5.41) is 8.92. The molecule has 0 bridgehead atoms. The lowest BCUT2D eigenvalue weighted by atomic mass is 9.95. The SMILES string of the molecule is CCC(C)Oc1cccc(C(=O)NC(=S)Nc2ccccc2C(=O)NC2CCCCC2)c1. The minimum atomic E-state index is -0.346. The average Bonchev–Trinajstić information content (AvgIpc) is 2.80. The molecule has 170 valence electrons. The summed E-state index contributed by atoms with van der Waals surface area (Å²) in [6, 6.07) is 14.3. The number of thiocarbonyl (C=S) groups is 1. The van der Waals surface area contributed by atoms with E-state index in [1.807, 2.05) is 32.0 Å². The van der Waals surface area contributed by atoms with Crippen molar-refractivity contribution in [1.29, 1.82) is 0 Å². The summed E-state index contributed by atoms with van der Waals surface area (Å²) >= 11 is 5.34. The van der Waals surface area contributed by atoms with Gasteiger partial charge in [-0.1, -0.05) is 44.4 Å². The van der Waals surface area contributed by atoms with Gasteiger partial charge < -0.3 is 15.4 Å². The van der Waals surface area contributed by atoms with Gasteiger partial charge in [-0.3, -0.25) is 14.9 Å². The van der Waals surface area contributed by atoms with E-state index < -0.39 is 0 Å². The maximum atomic E-state index is 12.8. The predicted octanol–water partition coefficient (Wildman–Crippen LogP) is 5.05. The number of hydrogen-bond donors (Lipinski definition) is 3. The van der Waals surface area contributed by atoms with Crippen molar-refractivity contribution in [3.8, 4) is 5.75 Å². The Morgan fingerprint density at radius 1 is 1.06 bits per heavy atom. The van der Waals surface area contributed by atoms with Crippen LogP contribution in [-0.2, 0) is 0 Å². The lowest BCUT2D eigenvalue weighted by molar-refractivity contribution is 0.0927. The van der Waals surface area contributed by atoms with Crippen LogP contribution in [0.3, 0.4) is 0 Å². The minimum Gasteiger partial charge on any atom is -0.491 e. The van der Waals surface area contributed by atoms with Crippen molar-refractivity contribution in [1.82, 2.24) is 10.6 Å². The molecule has 0 radical (unpaired) electrons. The van der Waals surface area contributed by atoms with E-state index >= 15 is 0 Å². The molecule has 0 saturated heterocycles. The lowest BCUT2D eigenvalue weighted by Crippen LogP contribution is -2.37. The Labute approximate surface area is 195 Å². The zero-order chi connectivity index (χ0) is 22.9. The fourth-order valence-electron chi connectivity index (χ4n) is 3.66. The number of ether oxygens (including phenoxy) is 1. The number of rotatable bonds is 7. The van der Waals surface area contributed by atoms with E-state index in [4.69, 9.17) is 17.0 Å². The van der Waals surface area contributed by atoms with E-state index in [-0.39, 0.29) is 29.1 Å². The highest BCUT2D eigenvalue weighted by Crippen LogP contribution is 2.20. The summed E-state index contributed by atoms with van der Waals surface area (Å²) in [4.78, 5) is 25.5. The molecular weight excluding hydrogens is 422 g/mol. The van der Waals surface area contributed by atoms with Gasteiger partial charge in [0.05, 0.1) is 17.4 Å². The zero-order valence-electron chi connectivity index (χ0n) is 18.6. The molecule has 0 aromatic heterocycles. The largest absolute Gasteiger partial charge is 0.491 e. The molecule has 3 rings (SSSR count). The third-order valence-corrected chi connectivity index (χ3v) is 5.80. The molecule has 7 heteroatoms. The van der Waals surface area contributed by atoms with Gasteiger partial charge in [0.15, 0.2) is 5.11 Å². The van der Waals surface area contributed by atoms with Crippen molar-refractivity contribution in [3.63, 3.8) is 0 Å². The first kappa shape index (κ1) is 23.7. The third-order valence-electron chi connectivity index (χ3n) is 5.60. The van der Waals surface area contributed by atoms with Gasteiger partial charge in [0, 0.05) is 11.6 Å². The standard InChI is InChI=1S/C25H31N3O3S/c1-3-17(2)31-20-13-9-10-18(16-20)23(29)28-25(32)27-22-15-8-7-14-21(22)24(30)26-19-11-5-4-6-12-19/h7-10,13-17,19H,3-6,11-12H2,1-2H3,(H,26,30)(H2,27,28,29,32). The van der Waals surface area contributed by atoms with E-state index in [1.54, 1.807) is 30.3 Å². The topological polar surface area (TPSA) is 79.5 Å². The second-order valence-electron chi connectivity index (χ2n) is 8.13. The summed E-state index contributed by atoms with van der Waals surface area (Å²) in [6.07, 6.45) is 6.47. The Hall–Kier alpha value is -2.93. The molecule has 0 heterocycles. The minimum absolute atomic E-state index is 0.0623. The highest BCUT2D eigenvalue weighted by molar-refractivity contribution is 7.80. The summed E-state index contributed by atoms with van der Waals surface area (Å²) in [7, 11) is 0. The second kappa shape index (κ2) is 11.6. The number of benzene rings is 2. The third kappa shape index (κ3) is 6.79. The van der Waals surface area contributed by atoms with Gasteiger partial charge in [0.1, 0.15) is 5.75 Å². The van der Waals surface area contributed by atoms with Gasteiger partial charge in [0.25, 0.3) is 11.8 Å². The summed E-state index contributed by atoms with van der Waals surface area (Å²) in [6.45, 7) is 4.02. The molecule has 1 aliphatic carbocycles. The molecule has 0 spiro atoms. The first-order valence-corrected chi connectivity index (χ1v) is 11.7. The summed E-state index contributed by atoms with van der Waals surface area (Å²) in [5.41, 5.74) is 1.50. The lowest BCUT2D eigenvalue weighted by Gasteiger charge is -2.23. The van der Waals surface area contributed by atoms with Crippen LogP contribution in [0.15, 0.2) is 48.5 Å². The molecule has 0 aliphatic heterocycles. The Morgan fingerprint density at radius 2 is 1.81 bits per heavy atom. The van der Waals surface area contributed by atoms with Crippen LogP contribution in [0.5, 0.6) is 5.75 Å².